The molecule has 106 valence electrons. The van der Waals surface area contributed by atoms with Gasteiger partial charge >= 0.3 is 5.97 Å². The second-order valence-electron chi connectivity index (χ2n) is 5.13. The van der Waals surface area contributed by atoms with Crippen LogP contribution >= 0.6 is 0 Å². The number of carbonyl (C=O) groups excluding carboxylic acids is 1. The van der Waals surface area contributed by atoms with E-state index in [-0.39, 0.29) is 24.1 Å². The summed E-state index contributed by atoms with van der Waals surface area (Å²) < 4.78 is 4.85. The molecule has 1 aliphatic carbocycles. The summed E-state index contributed by atoms with van der Waals surface area (Å²) in [7, 11) is 0. The minimum atomic E-state index is -0.348. The molecule has 0 heterocycles. The van der Waals surface area contributed by atoms with E-state index in [4.69, 9.17) is 4.74 Å². The molecule has 0 aromatic carbocycles. The monoisotopic (exact) mass is 258 g/mol. The number of ether oxygens (including phenoxy) is 1. The van der Waals surface area contributed by atoms with Crippen molar-refractivity contribution in [1.82, 2.24) is 0 Å². The second-order valence-corrected chi connectivity index (χ2v) is 5.13. The van der Waals surface area contributed by atoms with Gasteiger partial charge in [-0.2, -0.15) is 0 Å². The Kier molecular flexibility index (Phi) is 7.28. The van der Waals surface area contributed by atoms with E-state index in [0.29, 0.717) is 13.0 Å². The molecule has 18 heavy (non-hydrogen) atoms. The second kappa shape index (κ2) is 8.48. The molecule has 0 saturated heterocycles. The molecule has 2 atom stereocenters. The molecule has 0 aromatic rings. The van der Waals surface area contributed by atoms with E-state index in [9.17, 15) is 15.0 Å². The fourth-order valence-corrected chi connectivity index (χ4v) is 2.66. The normalized spacial score (nSPS) is 28.1. The fourth-order valence-electron chi connectivity index (χ4n) is 2.66. The van der Waals surface area contributed by atoms with Crippen LogP contribution in [-0.2, 0) is 9.53 Å². The smallest absolute Gasteiger partial charge is 0.305 e. The fraction of sp³-hybridized carbons (Fsp3) is 0.929. The van der Waals surface area contributed by atoms with Crippen LogP contribution in [0, 0.1) is 5.92 Å². The lowest BCUT2D eigenvalue weighted by Gasteiger charge is -2.32. The van der Waals surface area contributed by atoms with Crippen LogP contribution in [0.15, 0.2) is 0 Å². The van der Waals surface area contributed by atoms with Gasteiger partial charge in [0.25, 0.3) is 0 Å². The Morgan fingerprint density at radius 2 is 1.83 bits per heavy atom. The van der Waals surface area contributed by atoms with Crippen molar-refractivity contribution < 1.29 is 19.7 Å². The van der Waals surface area contributed by atoms with E-state index in [1.807, 2.05) is 6.92 Å². The molecule has 4 heteroatoms. The largest absolute Gasteiger partial charge is 0.466 e. The first-order valence-corrected chi connectivity index (χ1v) is 7.17. The Labute approximate surface area is 109 Å². The van der Waals surface area contributed by atoms with E-state index < -0.39 is 0 Å². The summed E-state index contributed by atoms with van der Waals surface area (Å²) >= 11 is 0. The van der Waals surface area contributed by atoms with Gasteiger partial charge in [0.2, 0.25) is 0 Å². The van der Waals surface area contributed by atoms with Crippen LogP contribution in [-0.4, -0.2) is 35.0 Å². The van der Waals surface area contributed by atoms with E-state index in [2.05, 4.69) is 0 Å². The van der Waals surface area contributed by atoms with Gasteiger partial charge in [-0.1, -0.05) is 12.8 Å². The standard InChI is InChI=1S/C14H26O4/c1-2-18-14(17)10-5-3-4-7-11-12(15)8-6-9-13(11)16/h11-13,15-16H,2-10H2,1H3. The van der Waals surface area contributed by atoms with Gasteiger partial charge < -0.3 is 14.9 Å². The molecule has 0 spiro atoms. The molecule has 0 aliphatic heterocycles. The summed E-state index contributed by atoms with van der Waals surface area (Å²) in [6.45, 7) is 2.25. The van der Waals surface area contributed by atoms with Crippen molar-refractivity contribution in [2.24, 2.45) is 5.92 Å². The molecule has 2 N–H and O–H groups in total. The molecule has 1 rings (SSSR count). The highest BCUT2D eigenvalue weighted by Gasteiger charge is 2.29. The molecular formula is C14H26O4. The van der Waals surface area contributed by atoms with Gasteiger partial charge in [0, 0.05) is 12.3 Å². The zero-order valence-corrected chi connectivity index (χ0v) is 11.3. The lowest BCUT2D eigenvalue weighted by atomic mass is 9.81. The van der Waals surface area contributed by atoms with E-state index in [0.717, 1.165) is 44.9 Å². The predicted molar refractivity (Wildman–Crippen MR) is 69.1 cm³/mol. The minimum Gasteiger partial charge on any atom is -0.466 e. The first-order valence-electron chi connectivity index (χ1n) is 7.17. The van der Waals surface area contributed by atoms with Gasteiger partial charge in [0.1, 0.15) is 0 Å². The average molecular weight is 258 g/mol. The van der Waals surface area contributed by atoms with Crippen molar-refractivity contribution >= 4 is 5.97 Å². The topological polar surface area (TPSA) is 66.8 Å². The maximum Gasteiger partial charge on any atom is 0.305 e. The van der Waals surface area contributed by atoms with Crippen LogP contribution < -0.4 is 0 Å². The zero-order valence-electron chi connectivity index (χ0n) is 11.3. The van der Waals surface area contributed by atoms with Crippen LogP contribution in [0.3, 0.4) is 0 Å². The number of carbonyl (C=O) groups is 1. The summed E-state index contributed by atoms with van der Waals surface area (Å²) in [6, 6.07) is 0. The molecule has 1 aliphatic rings. The Hall–Kier alpha value is -0.610. The van der Waals surface area contributed by atoms with Gasteiger partial charge in [0.15, 0.2) is 0 Å². The summed E-state index contributed by atoms with van der Waals surface area (Å²) in [5, 5.41) is 19.6. The molecule has 1 fully saturated rings. The zero-order chi connectivity index (χ0) is 13.4. The Morgan fingerprint density at radius 3 is 2.44 bits per heavy atom. The Bertz CT molecular complexity index is 232. The van der Waals surface area contributed by atoms with Crippen LogP contribution in [0.4, 0.5) is 0 Å². The van der Waals surface area contributed by atoms with Crippen LogP contribution in [0.2, 0.25) is 0 Å². The molecule has 0 bridgehead atoms. The van der Waals surface area contributed by atoms with Crippen LogP contribution in [0.1, 0.15) is 58.3 Å². The molecule has 0 radical (unpaired) electrons. The van der Waals surface area contributed by atoms with E-state index >= 15 is 0 Å². The minimum absolute atomic E-state index is 0.0290. The first kappa shape index (κ1) is 15.4. The average Bonchev–Trinajstić information content (AvgIpc) is 2.32. The molecule has 0 amide bonds. The van der Waals surface area contributed by atoms with Crippen molar-refractivity contribution in [2.75, 3.05) is 6.61 Å². The number of hydrogen-bond acceptors (Lipinski definition) is 4. The molecule has 2 unspecified atom stereocenters. The summed E-state index contributed by atoms with van der Waals surface area (Å²) in [4.78, 5) is 11.1. The molecule has 4 nitrogen and oxygen atoms in total. The summed E-state index contributed by atoms with van der Waals surface area (Å²) in [5.74, 6) is -0.100. The molecule has 0 aromatic heterocycles. The van der Waals surface area contributed by atoms with Gasteiger partial charge in [-0.15, -0.1) is 0 Å². The lowest BCUT2D eigenvalue weighted by Crippen LogP contribution is -2.35. The third-order valence-corrected chi connectivity index (χ3v) is 3.71. The SMILES string of the molecule is CCOC(=O)CCCCCC1C(O)CCCC1O. The first-order chi connectivity index (χ1) is 8.65. The summed E-state index contributed by atoms with van der Waals surface area (Å²) in [5.41, 5.74) is 0. The number of esters is 1. The van der Waals surface area contributed by atoms with Gasteiger partial charge in [-0.05, 0) is 39.0 Å². The third-order valence-electron chi connectivity index (χ3n) is 3.71. The highest BCUT2D eigenvalue weighted by molar-refractivity contribution is 5.69. The van der Waals surface area contributed by atoms with E-state index in [1.54, 1.807) is 0 Å². The maximum absolute atomic E-state index is 11.1. The molecule has 1 saturated carbocycles. The third kappa shape index (κ3) is 5.36. The maximum atomic E-state index is 11.1. The number of rotatable bonds is 7. The highest BCUT2D eigenvalue weighted by atomic mass is 16.5. The van der Waals surface area contributed by atoms with Crippen LogP contribution in [0.5, 0.6) is 0 Å². The number of aliphatic hydroxyl groups excluding tert-OH is 2. The Balaban J connectivity index is 2.08. The number of unbranched alkanes of at least 4 members (excludes halogenated alkanes) is 2. The van der Waals surface area contributed by atoms with Gasteiger partial charge in [-0.3, -0.25) is 4.79 Å². The Morgan fingerprint density at radius 1 is 1.17 bits per heavy atom. The van der Waals surface area contributed by atoms with E-state index in [1.165, 1.54) is 0 Å². The van der Waals surface area contributed by atoms with Crippen LogP contribution in [0.25, 0.3) is 0 Å². The predicted octanol–water partition coefficient (Wildman–Crippen LogP) is 2.02. The van der Waals surface area contributed by atoms with Crippen molar-refractivity contribution in [3.8, 4) is 0 Å². The van der Waals surface area contributed by atoms with Gasteiger partial charge in [0.05, 0.1) is 18.8 Å². The van der Waals surface area contributed by atoms with Crippen molar-refractivity contribution in [1.29, 1.82) is 0 Å². The molecular weight excluding hydrogens is 232 g/mol. The lowest BCUT2D eigenvalue weighted by molar-refractivity contribution is -0.143. The van der Waals surface area contributed by atoms with Crippen molar-refractivity contribution in [2.45, 2.75) is 70.5 Å². The number of hydrogen-bond donors (Lipinski definition) is 2. The van der Waals surface area contributed by atoms with Gasteiger partial charge in [-0.25, -0.2) is 0 Å². The summed E-state index contributed by atoms with van der Waals surface area (Å²) in [6.07, 6.45) is 5.91. The van der Waals surface area contributed by atoms with Crippen molar-refractivity contribution in [3.63, 3.8) is 0 Å². The highest BCUT2D eigenvalue weighted by Crippen LogP contribution is 2.29. The quantitative estimate of drug-likeness (QED) is 0.541. The number of aliphatic hydroxyl groups is 2. The van der Waals surface area contributed by atoms with Crippen molar-refractivity contribution in [3.05, 3.63) is 0 Å².